The minimum atomic E-state index is -1.07. The molecule has 0 fully saturated rings. The van der Waals surface area contributed by atoms with Crippen LogP contribution in [0.2, 0.25) is 0 Å². The lowest BCUT2D eigenvalue weighted by Gasteiger charge is -2.31. The van der Waals surface area contributed by atoms with Crippen LogP contribution in [0.3, 0.4) is 0 Å². The maximum absolute atomic E-state index is 6.65. The lowest BCUT2D eigenvalue weighted by Crippen LogP contribution is -2.48. The Kier molecular flexibility index (Phi) is 4.26. The molecular weight excluding hydrogens is 334 g/mol. The Balaban J connectivity index is 1.54. The van der Waals surface area contributed by atoms with Crippen molar-refractivity contribution in [2.24, 2.45) is 4.99 Å². The predicted octanol–water partition coefficient (Wildman–Crippen LogP) is 3.53. The van der Waals surface area contributed by atoms with Crippen LogP contribution in [0.15, 0.2) is 72.1 Å². The number of rotatable bonds is 5. The number of anilines is 1. The van der Waals surface area contributed by atoms with Gasteiger partial charge in [0.25, 0.3) is 5.25 Å². The molecule has 2 unspecified atom stereocenters. The smallest absolute Gasteiger partial charge is 0.265 e. The summed E-state index contributed by atoms with van der Waals surface area (Å²) in [6.07, 6.45) is 7.36. The SMILES string of the molecule is ClC1(NCC(c2cccnc2)c2ccc[nH]2)N=Cc2ccccc2N1. The number of nitrogens with one attached hydrogen (secondary N) is 3. The number of H-pyrrole nitrogens is 1. The molecule has 2 aromatic heterocycles. The molecule has 2 atom stereocenters. The van der Waals surface area contributed by atoms with Crippen molar-refractivity contribution in [3.05, 3.63) is 83.9 Å². The fourth-order valence-corrected chi connectivity index (χ4v) is 3.20. The first-order chi connectivity index (χ1) is 12.2. The van der Waals surface area contributed by atoms with Crippen molar-refractivity contribution < 1.29 is 0 Å². The Morgan fingerprint density at radius 3 is 2.84 bits per heavy atom. The summed E-state index contributed by atoms with van der Waals surface area (Å²) in [5.74, 6) is 0.0912. The molecule has 3 aromatic rings. The second kappa shape index (κ2) is 6.70. The van der Waals surface area contributed by atoms with Gasteiger partial charge >= 0.3 is 0 Å². The summed E-state index contributed by atoms with van der Waals surface area (Å²) in [5, 5.41) is 5.52. The fraction of sp³-hybridized carbons (Fsp3) is 0.158. The number of nitrogens with zero attached hydrogens (tertiary/aromatic N) is 2. The highest BCUT2D eigenvalue weighted by molar-refractivity contribution is 6.25. The van der Waals surface area contributed by atoms with Gasteiger partial charge in [0.2, 0.25) is 0 Å². The van der Waals surface area contributed by atoms with Crippen LogP contribution >= 0.6 is 11.6 Å². The second-order valence-electron chi connectivity index (χ2n) is 5.94. The second-order valence-corrected chi connectivity index (χ2v) is 6.48. The zero-order chi connectivity index (χ0) is 17.1. The first-order valence-electron chi connectivity index (χ1n) is 8.13. The molecule has 1 aliphatic heterocycles. The molecule has 1 aliphatic rings. The van der Waals surface area contributed by atoms with Crippen LogP contribution in [0.5, 0.6) is 0 Å². The molecule has 0 amide bonds. The van der Waals surface area contributed by atoms with Crippen molar-refractivity contribution in [2.75, 3.05) is 11.9 Å². The zero-order valence-corrected chi connectivity index (χ0v) is 14.2. The number of pyridine rings is 1. The molecule has 3 N–H and O–H groups in total. The number of alkyl halides is 1. The van der Waals surface area contributed by atoms with Gasteiger partial charge < -0.3 is 10.3 Å². The molecule has 5 nitrogen and oxygen atoms in total. The van der Waals surface area contributed by atoms with Gasteiger partial charge in [0, 0.05) is 54.2 Å². The molecule has 0 spiro atoms. The number of aromatic amines is 1. The summed E-state index contributed by atoms with van der Waals surface area (Å²) in [6.45, 7) is 0.599. The topological polar surface area (TPSA) is 65.1 Å². The molecule has 4 rings (SSSR count). The number of halogens is 1. The standard InChI is InChI=1S/C19H18ClN5/c20-19(23-12-15-5-1-2-7-17(15)25-19)24-13-16(18-8-4-10-22-18)14-6-3-9-21-11-14/h1-12,16,22,24-25H,13H2. The average molecular weight is 352 g/mol. The number of benzene rings is 1. The number of para-hydroxylation sites is 1. The van der Waals surface area contributed by atoms with Crippen LogP contribution in [-0.2, 0) is 0 Å². The van der Waals surface area contributed by atoms with Gasteiger partial charge in [0.15, 0.2) is 0 Å². The van der Waals surface area contributed by atoms with Crippen LogP contribution in [0.25, 0.3) is 0 Å². The molecule has 0 radical (unpaired) electrons. The Labute approximate surface area is 151 Å². The van der Waals surface area contributed by atoms with Crippen LogP contribution in [0.4, 0.5) is 5.69 Å². The Bertz CT molecular complexity index is 863. The van der Waals surface area contributed by atoms with Gasteiger partial charge in [-0.15, -0.1) is 0 Å². The molecular formula is C19H18ClN5. The third-order valence-electron chi connectivity index (χ3n) is 4.27. The average Bonchev–Trinajstić information content (AvgIpc) is 3.17. The van der Waals surface area contributed by atoms with Crippen LogP contribution in [0.1, 0.15) is 22.7 Å². The van der Waals surface area contributed by atoms with E-state index in [1.54, 1.807) is 12.4 Å². The van der Waals surface area contributed by atoms with Gasteiger partial charge in [-0.2, -0.15) is 0 Å². The van der Waals surface area contributed by atoms with Gasteiger partial charge in [0.1, 0.15) is 0 Å². The van der Waals surface area contributed by atoms with E-state index in [1.807, 2.05) is 48.8 Å². The summed E-state index contributed by atoms with van der Waals surface area (Å²) in [4.78, 5) is 12.0. The molecule has 1 aromatic carbocycles. The lowest BCUT2D eigenvalue weighted by molar-refractivity contribution is 0.502. The van der Waals surface area contributed by atoms with Crippen molar-refractivity contribution in [1.82, 2.24) is 15.3 Å². The van der Waals surface area contributed by atoms with E-state index in [0.29, 0.717) is 6.54 Å². The van der Waals surface area contributed by atoms with Crippen molar-refractivity contribution in [1.29, 1.82) is 0 Å². The van der Waals surface area contributed by atoms with Crippen molar-refractivity contribution in [3.63, 3.8) is 0 Å². The maximum Gasteiger partial charge on any atom is 0.265 e. The van der Waals surface area contributed by atoms with Gasteiger partial charge in [-0.1, -0.05) is 35.9 Å². The number of aliphatic imine (C=N–C) groups is 1. The highest BCUT2D eigenvalue weighted by Gasteiger charge is 2.30. The molecule has 0 saturated carbocycles. The zero-order valence-electron chi connectivity index (χ0n) is 13.5. The van der Waals surface area contributed by atoms with Crippen molar-refractivity contribution >= 4 is 23.5 Å². The lowest BCUT2D eigenvalue weighted by atomic mass is 9.97. The maximum atomic E-state index is 6.65. The van der Waals surface area contributed by atoms with Gasteiger partial charge in [-0.25, -0.2) is 4.99 Å². The largest absolute Gasteiger partial charge is 0.364 e. The molecule has 126 valence electrons. The first-order valence-corrected chi connectivity index (χ1v) is 8.51. The molecule has 3 heterocycles. The monoisotopic (exact) mass is 351 g/mol. The highest BCUT2D eigenvalue weighted by Crippen LogP contribution is 2.28. The summed E-state index contributed by atoms with van der Waals surface area (Å²) < 4.78 is 0. The Hall–Kier alpha value is -2.63. The quantitative estimate of drug-likeness (QED) is 0.486. The van der Waals surface area contributed by atoms with E-state index in [-0.39, 0.29) is 5.92 Å². The van der Waals surface area contributed by atoms with E-state index >= 15 is 0 Å². The summed E-state index contributed by atoms with van der Waals surface area (Å²) in [6, 6.07) is 16.0. The summed E-state index contributed by atoms with van der Waals surface area (Å²) in [7, 11) is 0. The van der Waals surface area contributed by atoms with Crippen molar-refractivity contribution in [2.45, 2.75) is 11.2 Å². The third-order valence-corrected chi connectivity index (χ3v) is 4.59. The highest BCUT2D eigenvalue weighted by atomic mass is 35.5. The molecule has 0 saturated heterocycles. The van der Waals surface area contributed by atoms with E-state index in [4.69, 9.17) is 11.6 Å². The minimum absolute atomic E-state index is 0.0912. The number of hydrogen-bond acceptors (Lipinski definition) is 4. The van der Waals surface area contributed by atoms with E-state index in [1.165, 1.54) is 0 Å². The van der Waals surface area contributed by atoms with E-state index < -0.39 is 5.25 Å². The van der Waals surface area contributed by atoms with E-state index in [9.17, 15) is 0 Å². The number of fused-ring (bicyclic) bond motifs is 1. The minimum Gasteiger partial charge on any atom is -0.364 e. The van der Waals surface area contributed by atoms with E-state index in [0.717, 1.165) is 22.5 Å². The van der Waals surface area contributed by atoms with Gasteiger partial charge in [-0.05, 0) is 29.8 Å². The normalized spacial score (nSPS) is 19.9. The number of hydrogen-bond donors (Lipinski definition) is 3. The van der Waals surface area contributed by atoms with Crippen LogP contribution in [0, 0.1) is 0 Å². The van der Waals surface area contributed by atoms with Crippen LogP contribution in [-0.4, -0.2) is 28.0 Å². The van der Waals surface area contributed by atoms with Gasteiger partial charge in [0.05, 0.1) is 0 Å². The van der Waals surface area contributed by atoms with Crippen LogP contribution < -0.4 is 10.6 Å². The summed E-state index contributed by atoms with van der Waals surface area (Å²) >= 11 is 6.65. The molecule has 25 heavy (non-hydrogen) atoms. The summed E-state index contributed by atoms with van der Waals surface area (Å²) in [5.41, 5.74) is 4.19. The van der Waals surface area contributed by atoms with Crippen molar-refractivity contribution in [3.8, 4) is 0 Å². The molecule has 6 heteroatoms. The van der Waals surface area contributed by atoms with Gasteiger partial charge in [-0.3, -0.25) is 10.3 Å². The molecule has 0 bridgehead atoms. The third kappa shape index (κ3) is 3.43. The first kappa shape index (κ1) is 15.9. The predicted molar refractivity (Wildman–Crippen MR) is 101 cm³/mol. The van der Waals surface area contributed by atoms with E-state index in [2.05, 4.69) is 37.7 Å². The number of aromatic nitrogens is 2. The molecule has 0 aliphatic carbocycles. The Morgan fingerprint density at radius 2 is 2.04 bits per heavy atom. The Morgan fingerprint density at radius 1 is 1.12 bits per heavy atom. The fourth-order valence-electron chi connectivity index (χ4n) is 2.97.